The number of anilines is 3. The van der Waals surface area contributed by atoms with Crippen LogP contribution in [-0.2, 0) is 4.79 Å². The topological polar surface area (TPSA) is 70.2 Å². The number of halogens is 7. The summed E-state index contributed by atoms with van der Waals surface area (Å²) >= 11 is 28.5. The van der Waals surface area contributed by atoms with Crippen molar-refractivity contribution in [3.8, 4) is 0 Å². The molecule has 2 amide bonds. The number of carbonyl (C=O) groups excluding carboxylic acids is 2. The second-order valence-corrected chi connectivity index (χ2v) is 11.2. The summed E-state index contributed by atoms with van der Waals surface area (Å²) in [7, 11) is 1.35. The third-order valence-electron chi connectivity index (χ3n) is 5.65. The van der Waals surface area contributed by atoms with Gasteiger partial charge in [0.2, 0.25) is 5.91 Å². The highest BCUT2D eigenvalue weighted by molar-refractivity contribution is 9.10. The minimum absolute atomic E-state index is 0.0432. The van der Waals surface area contributed by atoms with E-state index in [-0.39, 0.29) is 22.0 Å². The number of carbonyl (C=O) groups is 2. The van der Waals surface area contributed by atoms with Gasteiger partial charge in [-0.3, -0.25) is 9.59 Å². The van der Waals surface area contributed by atoms with E-state index >= 15 is 0 Å². The van der Waals surface area contributed by atoms with E-state index in [9.17, 15) is 18.4 Å². The molecule has 2 unspecified atom stereocenters. The molecule has 1 fully saturated rings. The molecule has 0 spiro atoms. The highest BCUT2D eigenvalue weighted by Gasteiger charge is 2.67. The van der Waals surface area contributed by atoms with Crippen molar-refractivity contribution < 1.29 is 18.4 Å². The number of amides is 2. The summed E-state index contributed by atoms with van der Waals surface area (Å²) in [5.41, 5.74) is 0.249. The molecular formula is C24H16BrCl4F2N3O2. The molecule has 3 aromatic rings. The van der Waals surface area contributed by atoms with Crippen LogP contribution in [0.25, 0.3) is 0 Å². The first-order valence-corrected chi connectivity index (χ1v) is 12.7. The van der Waals surface area contributed by atoms with Crippen LogP contribution in [0.5, 0.6) is 0 Å². The maximum Gasteiger partial charge on any atom is 0.257 e. The summed E-state index contributed by atoms with van der Waals surface area (Å²) in [6.07, 6.45) is 0. The summed E-state index contributed by atoms with van der Waals surface area (Å²) in [4.78, 5) is 25.8. The average Bonchev–Trinajstić information content (AvgIpc) is 3.38. The lowest BCUT2D eigenvalue weighted by Crippen LogP contribution is -2.18. The Morgan fingerprint density at radius 1 is 1.00 bits per heavy atom. The van der Waals surface area contributed by atoms with Crippen LogP contribution in [0.4, 0.5) is 25.8 Å². The van der Waals surface area contributed by atoms with Gasteiger partial charge in [0.1, 0.15) is 15.8 Å². The zero-order valence-electron chi connectivity index (χ0n) is 18.2. The van der Waals surface area contributed by atoms with Gasteiger partial charge >= 0.3 is 0 Å². The van der Waals surface area contributed by atoms with Gasteiger partial charge in [-0.2, -0.15) is 0 Å². The highest BCUT2D eigenvalue weighted by atomic mass is 79.9. The number of rotatable bonds is 6. The van der Waals surface area contributed by atoms with E-state index in [1.54, 1.807) is 18.2 Å². The summed E-state index contributed by atoms with van der Waals surface area (Å²) < 4.78 is 27.6. The first-order chi connectivity index (χ1) is 16.9. The molecule has 0 aliphatic heterocycles. The third-order valence-corrected chi connectivity index (χ3v) is 7.59. The Balaban J connectivity index is 1.53. The van der Waals surface area contributed by atoms with Crippen LogP contribution < -0.4 is 16.0 Å². The normalized spacial score (nSPS) is 17.9. The van der Waals surface area contributed by atoms with Crippen molar-refractivity contribution in [2.45, 2.75) is 10.3 Å². The van der Waals surface area contributed by atoms with Crippen LogP contribution >= 0.6 is 62.3 Å². The van der Waals surface area contributed by atoms with E-state index < -0.39 is 45.3 Å². The smallest absolute Gasteiger partial charge is 0.257 e. The summed E-state index contributed by atoms with van der Waals surface area (Å²) in [6.45, 7) is 0. The van der Waals surface area contributed by atoms with Crippen LogP contribution in [0.15, 0.2) is 53.0 Å². The van der Waals surface area contributed by atoms with Gasteiger partial charge in [0.25, 0.3) is 5.91 Å². The molecule has 36 heavy (non-hydrogen) atoms. The largest absolute Gasteiger partial charge is 0.383 e. The van der Waals surface area contributed by atoms with Gasteiger partial charge < -0.3 is 16.0 Å². The van der Waals surface area contributed by atoms with Crippen molar-refractivity contribution in [1.82, 2.24) is 0 Å². The van der Waals surface area contributed by atoms with Crippen LogP contribution in [0.1, 0.15) is 21.8 Å². The fraction of sp³-hybridized carbons (Fsp3) is 0.167. The number of hydrogen-bond donors (Lipinski definition) is 3. The molecule has 3 N–H and O–H groups in total. The Morgan fingerprint density at radius 3 is 2.39 bits per heavy atom. The molecular weight excluding hydrogens is 622 g/mol. The van der Waals surface area contributed by atoms with E-state index in [1.807, 2.05) is 0 Å². The number of hydrogen-bond acceptors (Lipinski definition) is 3. The fourth-order valence-electron chi connectivity index (χ4n) is 3.89. The minimum atomic E-state index is -1.36. The van der Waals surface area contributed by atoms with E-state index in [0.717, 1.165) is 12.1 Å². The van der Waals surface area contributed by atoms with Gasteiger partial charge in [-0.15, -0.1) is 23.2 Å². The predicted molar refractivity (Wildman–Crippen MR) is 144 cm³/mol. The highest BCUT2D eigenvalue weighted by Crippen LogP contribution is 2.65. The van der Waals surface area contributed by atoms with Crippen molar-refractivity contribution in [3.63, 3.8) is 0 Å². The quantitative estimate of drug-likeness (QED) is 0.241. The van der Waals surface area contributed by atoms with Gasteiger partial charge in [-0.25, -0.2) is 8.78 Å². The zero-order valence-corrected chi connectivity index (χ0v) is 22.8. The second kappa shape index (κ2) is 10.3. The molecule has 1 aliphatic rings. The van der Waals surface area contributed by atoms with Crippen LogP contribution in [0, 0.1) is 17.6 Å². The van der Waals surface area contributed by atoms with Crippen LogP contribution in [0.2, 0.25) is 10.0 Å². The van der Waals surface area contributed by atoms with Crippen molar-refractivity contribution in [1.29, 1.82) is 0 Å². The lowest BCUT2D eigenvalue weighted by atomic mass is 10.1. The SMILES string of the molecule is CNc1c(F)ccc(NC(=O)c2cc(NC(=O)C3C(c4cc(Cl)cc(Br)c4)C3(Cl)Cl)ccc2Cl)c1F. The molecule has 1 saturated carbocycles. The zero-order chi connectivity index (χ0) is 26.4. The Kier molecular flexibility index (Phi) is 7.74. The number of alkyl halides is 2. The maximum atomic E-state index is 14.5. The Morgan fingerprint density at radius 2 is 1.72 bits per heavy atom. The van der Waals surface area contributed by atoms with Crippen molar-refractivity contribution in [3.05, 3.63) is 85.8 Å². The molecule has 0 saturated heterocycles. The average molecular weight is 638 g/mol. The summed E-state index contributed by atoms with van der Waals surface area (Å²) in [5.74, 6) is -4.31. The first kappa shape index (κ1) is 26.9. The van der Waals surface area contributed by atoms with Gasteiger partial charge in [-0.1, -0.05) is 39.1 Å². The first-order valence-electron chi connectivity index (χ1n) is 10.3. The van der Waals surface area contributed by atoms with Crippen LogP contribution in [0.3, 0.4) is 0 Å². The molecule has 12 heteroatoms. The molecule has 1 aliphatic carbocycles. The Bertz CT molecular complexity index is 1370. The molecule has 2 atom stereocenters. The molecule has 5 nitrogen and oxygen atoms in total. The molecule has 188 valence electrons. The predicted octanol–water partition coefficient (Wildman–Crippen LogP) is 7.85. The maximum absolute atomic E-state index is 14.5. The molecule has 3 aromatic carbocycles. The molecule has 0 radical (unpaired) electrons. The number of nitrogens with one attached hydrogen (secondary N) is 3. The van der Waals surface area contributed by atoms with Crippen molar-refractivity contribution >= 4 is 91.2 Å². The lowest BCUT2D eigenvalue weighted by molar-refractivity contribution is -0.117. The fourth-order valence-corrected chi connectivity index (χ4v) is 5.81. The van der Waals surface area contributed by atoms with Gasteiger partial charge in [-0.05, 0) is 54.1 Å². The molecule has 4 rings (SSSR count). The van der Waals surface area contributed by atoms with Gasteiger partial charge in [0.15, 0.2) is 5.82 Å². The second-order valence-electron chi connectivity index (χ2n) is 8.00. The Labute approximate surface area is 233 Å². The third kappa shape index (κ3) is 5.29. The van der Waals surface area contributed by atoms with Crippen molar-refractivity contribution in [2.75, 3.05) is 23.0 Å². The monoisotopic (exact) mass is 635 g/mol. The minimum Gasteiger partial charge on any atom is -0.383 e. The van der Waals surface area contributed by atoms with E-state index in [4.69, 9.17) is 46.4 Å². The van der Waals surface area contributed by atoms with E-state index in [2.05, 4.69) is 31.9 Å². The standard InChI is InChI=1S/C24H16BrCl4F2N3O2/c1-32-21-16(30)4-5-17(20(21)31)34-22(35)14-9-13(2-3-15(14)27)33-23(36)19-18(24(19,28)29)10-6-11(25)8-12(26)7-10/h2-9,18-19,32H,1H3,(H,33,36)(H,34,35). The van der Waals surface area contributed by atoms with Crippen molar-refractivity contribution in [2.24, 2.45) is 5.92 Å². The number of benzene rings is 3. The summed E-state index contributed by atoms with van der Waals surface area (Å²) in [5, 5.41) is 7.96. The molecule has 0 aromatic heterocycles. The van der Waals surface area contributed by atoms with Crippen LogP contribution in [-0.4, -0.2) is 23.2 Å². The Hall–Kier alpha value is -2.10. The van der Waals surface area contributed by atoms with E-state index in [1.165, 1.54) is 25.2 Å². The lowest BCUT2D eigenvalue weighted by Gasteiger charge is -2.12. The van der Waals surface area contributed by atoms with Gasteiger partial charge in [0.05, 0.1) is 22.2 Å². The summed E-state index contributed by atoms with van der Waals surface area (Å²) in [6, 6.07) is 11.5. The molecule has 0 heterocycles. The van der Waals surface area contributed by atoms with E-state index in [0.29, 0.717) is 15.1 Å². The molecule has 0 bridgehead atoms. The van der Waals surface area contributed by atoms with Gasteiger partial charge in [0, 0.05) is 28.1 Å².